The van der Waals surface area contributed by atoms with E-state index in [0.717, 1.165) is 43.2 Å². The summed E-state index contributed by atoms with van der Waals surface area (Å²) < 4.78 is 10.8. The van der Waals surface area contributed by atoms with Crippen molar-refractivity contribution in [3.8, 4) is 0 Å². The van der Waals surface area contributed by atoms with Crippen molar-refractivity contribution in [3.05, 3.63) is 29.8 Å². The van der Waals surface area contributed by atoms with Crippen LogP contribution < -0.4 is 9.80 Å². The highest BCUT2D eigenvalue weighted by Crippen LogP contribution is 2.27. The highest BCUT2D eigenvalue weighted by Gasteiger charge is 2.16. The molecular formula is C19H28N2O3. The number of carbonyl (C=O) groups excluding carboxylic acids is 1. The second kappa shape index (κ2) is 7.71. The number of rotatable bonds is 4. The number of carbonyl (C=O) groups is 1. The average molecular weight is 332 g/mol. The molecule has 1 heterocycles. The monoisotopic (exact) mass is 332 g/mol. The fraction of sp³-hybridized carbons (Fsp3) is 0.526. The zero-order valence-electron chi connectivity index (χ0n) is 15.3. The van der Waals surface area contributed by atoms with Crippen LogP contribution in [0.3, 0.4) is 0 Å². The second-order valence-corrected chi connectivity index (χ2v) is 7.10. The molecule has 1 aromatic rings. The SMILES string of the molecule is CN(C)c1ccc(N2CCOCC2)c(/C=C/C(=O)OC(C)(C)C)c1. The Kier molecular flexibility index (Phi) is 5.89. The summed E-state index contributed by atoms with van der Waals surface area (Å²) in [5.74, 6) is -0.328. The maximum absolute atomic E-state index is 12.0. The zero-order chi connectivity index (χ0) is 17.7. The van der Waals surface area contributed by atoms with Gasteiger partial charge < -0.3 is 19.3 Å². The molecule has 1 aliphatic heterocycles. The van der Waals surface area contributed by atoms with E-state index in [1.807, 2.05) is 45.8 Å². The van der Waals surface area contributed by atoms with E-state index in [1.165, 1.54) is 6.08 Å². The van der Waals surface area contributed by atoms with Crippen molar-refractivity contribution in [1.29, 1.82) is 0 Å². The van der Waals surface area contributed by atoms with E-state index in [9.17, 15) is 4.79 Å². The lowest BCUT2D eigenvalue weighted by Gasteiger charge is -2.30. The Balaban J connectivity index is 2.26. The number of hydrogen-bond acceptors (Lipinski definition) is 5. The lowest BCUT2D eigenvalue weighted by atomic mass is 10.1. The maximum atomic E-state index is 12.0. The third-order valence-corrected chi connectivity index (χ3v) is 3.69. The van der Waals surface area contributed by atoms with E-state index in [4.69, 9.17) is 9.47 Å². The first-order chi connectivity index (χ1) is 11.3. The smallest absolute Gasteiger partial charge is 0.331 e. The Labute approximate surface area is 144 Å². The average Bonchev–Trinajstić information content (AvgIpc) is 2.52. The number of esters is 1. The molecule has 24 heavy (non-hydrogen) atoms. The number of morpholine rings is 1. The molecule has 132 valence electrons. The van der Waals surface area contributed by atoms with Crippen LogP contribution in [0, 0.1) is 0 Å². The van der Waals surface area contributed by atoms with Gasteiger partial charge in [0.2, 0.25) is 0 Å². The van der Waals surface area contributed by atoms with Gasteiger partial charge in [0.1, 0.15) is 5.60 Å². The first kappa shape index (κ1) is 18.3. The number of ether oxygens (including phenoxy) is 2. The fourth-order valence-electron chi connectivity index (χ4n) is 2.54. The molecule has 0 unspecified atom stereocenters. The molecule has 1 aliphatic rings. The van der Waals surface area contributed by atoms with Gasteiger partial charge in [-0.05, 0) is 45.0 Å². The molecule has 1 fully saturated rings. The van der Waals surface area contributed by atoms with Gasteiger partial charge in [-0.2, -0.15) is 0 Å². The summed E-state index contributed by atoms with van der Waals surface area (Å²) in [5.41, 5.74) is 2.73. The Morgan fingerprint density at radius 2 is 1.92 bits per heavy atom. The molecule has 5 heteroatoms. The normalized spacial score (nSPS) is 15.6. The highest BCUT2D eigenvalue weighted by molar-refractivity contribution is 5.89. The zero-order valence-corrected chi connectivity index (χ0v) is 15.3. The molecule has 0 atom stereocenters. The largest absolute Gasteiger partial charge is 0.457 e. The molecule has 0 bridgehead atoms. The molecule has 0 N–H and O–H groups in total. The van der Waals surface area contributed by atoms with Crippen molar-refractivity contribution in [1.82, 2.24) is 0 Å². The van der Waals surface area contributed by atoms with Gasteiger partial charge in [-0.25, -0.2) is 4.79 Å². The molecule has 2 rings (SSSR count). The Morgan fingerprint density at radius 3 is 2.50 bits per heavy atom. The van der Waals surface area contributed by atoms with Gasteiger partial charge in [0.25, 0.3) is 0 Å². The van der Waals surface area contributed by atoms with E-state index in [-0.39, 0.29) is 5.97 Å². The fourth-order valence-corrected chi connectivity index (χ4v) is 2.54. The quantitative estimate of drug-likeness (QED) is 0.626. The minimum Gasteiger partial charge on any atom is -0.457 e. The van der Waals surface area contributed by atoms with Crippen molar-refractivity contribution in [3.63, 3.8) is 0 Å². The van der Waals surface area contributed by atoms with Gasteiger partial charge in [0, 0.05) is 50.2 Å². The van der Waals surface area contributed by atoms with E-state index >= 15 is 0 Å². The first-order valence-corrected chi connectivity index (χ1v) is 8.31. The Bertz CT molecular complexity index is 597. The summed E-state index contributed by atoms with van der Waals surface area (Å²) >= 11 is 0. The van der Waals surface area contributed by atoms with E-state index in [1.54, 1.807) is 0 Å². The number of anilines is 2. The molecule has 1 aromatic carbocycles. The minimum absolute atomic E-state index is 0.328. The van der Waals surface area contributed by atoms with Crippen molar-refractivity contribution < 1.29 is 14.3 Å². The molecule has 5 nitrogen and oxygen atoms in total. The summed E-state index contributed by atoms with van der Waals surface area (Å²) in [6, 6.07) is 6.29. The van der Waals surface area contributed by atoms with Crippen LogP contribution in [0.25, 0.3) is 6.08 Å². The van der Waals surface area contributed by atoms with Gasteiger partial charge in [0.15, 0.2) is 0 Å². The van der Waals surface area contributed by atoms with E-state index < -0.39 is 5.60 Å². The number of nitrogens with zero attached hydrogens (tertiary/aromatic N) is 2. The van der Waals surface area contributed by atoms with Crippen LogP contribution in [0.15, 0.2) is 24.3 Å². The van der Waals surface area contributed by atoms with E-state index in [2.05, 4.69) is 23.1 Å². The van der Waals surface area contributed by atoms with Crippen molar-refractivity contribution in [2.24, 2.45) is 0 Å². The Morgan fingerprint density at radius 1 is 1.25 bits per heavy atom. The van der Waals surface area contributed by atoms with Gasteiger partial charge in [0.05, 0.1) is 13.2 Å². The molecule has 0 saturated carbocycles. The lowest BCUT2D eigenvalue weighted by Crippen LogP contribution is -2.36. The molecule has 0 radical (unpaired) electrons. The minimum atomic E-state index is -0.486. The molecule has 0 spiro atoms. The third-order valence-electron chi connectivity index (χ3n) is 3.69. The van der Waals surface area contributed by atoms with Crippen molar-refractivity contribution >= 4 is 23.4 Å². The molecule has 1 saturated heterocycles. The lowest BCUT2D eigenvalue weighted by molar-refractivity contribution is -0.148. The van der Waals surface area contributed by atoms with Crippen LogP contribution in [-0.4, -0.2) is 52.0 Å². The summed E-state index contributed by atoms with van der Waals surface area (Å²) in [5, 5.41) is 0. The van der Waals surface area contributed by atoms with Crippen LogP contribution in [0.2, 0.25) is 0 Å². The first-order valence-electron chi connectivity index (χ1n) is 8.31. The summed E-state index contributed by atoms with van der Waals surface area (Å²) in [4.78, 5) is 16.3. The van der Waals surface area contributed by atoms with Crippen LogP contribution in [0.5, 0.6) is 0 Å². The highest BCUT2D eigenvalue weighted by atomic mass is 16.6. The summed E-state index contributed by atoms with van der Waals surface area (Å²) in [6.07, 6.45) is 3.34. The van der Waals surface area contributed by atoms with Gasteiger partial charge in [-0.1, -0.05) is 0 Å². The van der Waals surface area contributed by atoms with Crippen molar-refractivity contribution in [2.45, 2.75) is 26.4 Å². The number of hydrogen-bond donors (Lipinski definition) is 0. The van der Waals surface area contributed by atoms with E-state index in [0.29, 0.717) is 0 Å². The molecular weight excluding hydrogens is 304 g/mol. The number of benzene rings is 1. The van der Waals surface area contributed by atoms with Gasteiger partial charge >= 0.3 is 5.97 Å². The summed E-state index contributed by atoms with van der Waals surface area (Å²) in [6.45, 7) is 8.76. The molecule has 0 aromatic heterocycles. The van der Waals surface area contributed by atoms with Crippen LogP contribution in [-0.2, 0) is 14.3 Å². The standard InChI is InChI=1S/C19H28N2O3/c1-19(2,3)24-18(22)9-6-15-14-16(20(4)5)7-8-17(15)21-10-12-23-13-11-21/h6-9,14H,10-13H2,1-5H3/b9-6+. The van der Waals surface area contributed by atoms with Gasteiger partial charge in [-0.15, -0.1) is 0 Å². The van der Waals surface area contributed by atoms with Gasteiger partial charge in [-0.3, -0.25) is 0 Å². The summed E-state index contributed by atoms with van der Waals surface area (Å²) in [7, 11) is 4.01. The van der Waals surface area contributed by atoms with Crippen molar-refractivity contribution in [2.75, 3.05) is 50.2 Å². The predicted octanol–water partition coefficient (Wildman–Crippen LogP) is 2.94. The van der Waals surface area contributed by atoms with Crippen LogP contribution in [0.4, 0.5) is 11.4 Å². The maximum Gasteiger partial charge on any atom is 0.331 e. The third kappa shape index (κ3) is 5.27. The molecule has 0 amide bonds. The molecule has 0 aliphatic carbocycles. The predicted molar refractivity (Wildman–Crippen MR) is 98.7 cm³/mol. The van der Waals surface area contributed by atoms with Crippen LogP contribution >= 0.6 is 0 Å². The topological polar surface area (TPSA) is 42.0 Å². The van der Waals surface area contributed by atoms with Crippen LogP contribution in [0.1, 0.15) is 26.3 Å². The Hall–Kier alpha value is -2.01. The second-order valence-electron chi connectivity index (χ2n) is 7.10.